The minimum atomic E-state index is 1.14. The van der Waals surface area contributed by atoms with Crippen LogP contribution >= 0.6 is 34.0 Å². The molecule has 0 aliphatic rings. The van der Waals surface area contributed by atoms with E-state index in [1.54, 1.807) is 0 Å². The van der Waals surface area contributed by atoms with Crippen molar-refractivity contribution in [3.05, 3.63) is 164 Å². The van der Waals surface area contributed by atoms with Gasteiger partial charge in [0, 0.05) is 77.6 Å². The Morgan fingerprint density at radius 3 is 1.50 bits per heavy atom. The molecule has 0 spiro atoms. The molecule has 0 bridgehead atoms. The van der Waals surface area contributed by atoms with Crippen LogP contribution in [0.5, 0.6) is 0 Å². The van der Waals surface area contributed by atoms with Crippen LogP contribution in [0.2, 0.25) is 0 Å². The Labute approximate surface area is 300 Å². The van der Waals surface area contributed by atoms with Crippen molar-refractivity contribution in [2.45, 2.75) is 0 Å². The molecule has 8 aromatic carbocycles. The molecule has 50 heavy (non-hydrogen) atoms. The summed E-state index contributed by atoms with van der Waals surface area (Å²) in [6.45, 7) is 0. The lowest BCUT2D eigenvalue weighted by Gasteiger charge is -2.26. The van der Waals surface area contributed by atoms with Gasteiger partial charge in [0.05, 0.1) is 0 Å². The van der Waals surface area contributed by atoms with Crippen LogP contribution in [0, 0.1) is 0 Å². The molecule has 1 nitrogen and oxygen atoms in total. The molecule has 0 saturated heterocycles. The number of hydrogen-bond donors (Lipinski definition) is 0. The molecular formula is C46H27NS3. The Balaban J connectivity index is 1.04. The first kappa shape index (κ1) is 28.3. The third-order valence-corrected chi connectivity index (χ3v) is 13.5. The molecule has 3 aromatic heterocycles. The monoisotopic (exact) mass is 689 g/mol. The van der Waals surface area contributed by atoms with E-state index in [0.29, 0.717) is 0 Å². The fourth-order valence-corrected chi connectivity index (χ4v) is 11.0. The van der Waals surface area contributed by atoms with E-state index in [1.165, 1.54) is 82.4 Å². The minimum Gasteiger partial charge on any atom is -0.310 e. The summed E-state index contributed by atoms with van der Waals surface area (Å²) in [5, 5.41) is 10.5. The highest BCUT2D eigenvalue weighted by molar-refractivity contribution is 7.26. The van der Waals surface area contributed by atoms with Gasteiger partial charge in [-0.05, 0) is 101 Å². The summed E-state index contributed by atoms with van der Waals surface area (Å²) >= 11 is 5.61. The number of fused-ring (bicyclic) bond motifs is 10. The molecule has 3 heterocycles. The summed E-state index contributed by atoms with van der Waals surface area (Å²) in [7, 11) is 0. The molecule has 0 unspecified atom stereocenters. The second-order valence-electron chi connectivity index (χ2n) is 12.9. The average Bonchev–Trinajstić information content (AvgIpc) is 3.84. The van der Waals surface area contributed by atoms with Crippen LogP contribution in [0.25, 0.3) is 82.4 Å². The molecule has 0 aliphatic heterocycles. The van der Waals surface area contributed by atoms with Crippen LogP contribution in [-0.2, 0) is 0 Å². The van der Waals surface area contributed by atoms with Crippen LogP contribution in [0.3, 0.4) is 0 Å². The van der Waals surface area contributed by atoms with Crippen LogP contribution in [0.4, 0.5) is 17.1 Å². The van der Waals surface area contributed by atoms with Crippen LogP contribution in [0.1, 0.15) is 0 Å². The SMILES string of the molecule is c1ccc2c(c1)sc1cc(N(c3ccc(-c4ccc5cc6c(cc5c4)sc4ccccc46)cc3)c3ccc4sc5ccccc5c4c3)ccc12. The van der Waals surface area contributed by atoms with Gasteiger partial charge in [0.25, 0.3) is 0 Å². The highest BCUT2D eigenvalue weighted by atomic mass is 32.1. The van der Waals surface area contributed by atoms with Crippen molar-refractivity contribution < 1.29 is 0 Å². The first-order valence-electron chi connectivity index (χ1n) is 16.8. The third kappa shape index (κ3) is 4.43. The molecule has 234 valence electrons. The second-order valence-corrected chi connectivity index (χ2v) is 16.2. The van der Waals surface area contributed by atoms with E-state index in [0.717, 1.165) is 17.1 Å². The fraction of sp³-hybridized carbons (Fsp3) is 0. The predicted molar refractivity (Wildman–Crippen MR) is 223 cm³/mol. The van der Waals surface area contributed by atoms with Gasteiger partial charge in [-0.2, -0.15) is 0 Å². The summed E-state index contributed by atoms with van der Waals surface area (Å²) in [6, 6.07) is 60.8. The number of hydrogen-bond acceptors (Lipinski definition) is 4. The summed E-state index contributed by atoms with van der Waals surface area (Å²) in [4.78, 5) is 2.41. The van der Waals surface area contributed by atoms with Gasteiger partial charge in [-0.3, -0.25) is 0 Å². The lowest BCUT2D eigenvalue weighted by Crippen LogP contribution is -2.09. The maximum atomic E-state index is 2.41. The molecule has 11 aromatic rings. The lowest BCUT2D eigenvalue weighted by atomic mass is 9.99. The van der Waals surface area contributed by atoms with Crippen molar-refractivity contribution in [1.29, 1.82) is 0 Å². The van der Waals surface area contributed by atoms with Crippen molar-refractivity contribution in [2.24, 2.45) is 0 Å². The zero-order valence-electron chi connectivity index (χ0n) is 26.8. The summed E-state index contributed by atoms with van der Waals surface area (Å²) < 4.78 is 7.95. The third-order valence-electron chi connectivity index (χ3n) is 10.0. The van der Waals surface area contributed by atoms with Crippen molar-refractivity contribution >= 4 is 122 Å². The van der Waals surface area contributed by atoms with Crippen molar-refractivity contribution in [2.75, 3.05) is 4.90 Å². The van der Waals surface area contributed by atoms with Gasteiger partial charge < -0.3 is 4.90 Å². The van der Waals surface area contributed by atoms with Gasteiger partial charge in [0.15, 0.2) is 0 Å². The van der Waals surface area contributed by atoms with E-state index in [4.69, 9.17) is 0 Å². The quantitative estimate of drug-likeness (QED) is 0.178. The summed E-state index contributed by atoms with van der Waals surface area (Å²) in [6.07, 6.45) is 0. The minimum absolute atomic E-state index is 1.14. The maximum absolute atomic E-state index is 2.41. The molecule has 11 rings (SSSR count). The number of anilines is 3. The first-order chi connectivity index (χ1) is 24.7. The van der Waals surface area contributed by atoms with E-state index in [2.05, 4.69) is 169 Å². The van der Waals surface area contributed by atoms with E-state index in [9.17, 15) is 0 Å². The normalized spacial score (nSPS) is 12.0. The average molecular weight is 690 g/mol. The predicted octanol–water partition coefficient (Wildman–Crippen LogP) is 15.1. The van der Waals surface area contributed by atoms with E-state index >= 15 is 0 Å². The highest BCUT2D eigenvalue weighted by Gasteiger charge is 2.17. The number of nitrogens with zero attached hydrogens (tertiary/aromatic N) is 1. The number of thiophene rings is 3. The second kappa shape index (κ2) is 11.0. The van der Waals surface area contributed by atoms with Gasteiger partial charge in [0.1, 0.15) is 0 Å². The Hall–Kier alpha value is -5.52. The smallest absolute Gasteiger partial charge is 0.0476 e. The van der Waals surface area contributed by atoms with Gasteiger partial charge in [-0.15, -0.1) is 34.0 Å². The summed E-state index contributed by atoms with van der Waals surface area (Å²) in [5.41, 5.74) is 5.90. The fourth-order valence-electron chi connectivity index (χ4n) is 7.60. The van der Waals surface area contributed by atoms with Crippen LogP contribution < -0.4 is 4.90 Å². The van der Waals surface area contributed by atoms with Crippen molar-refractivity contribution in [3.63, 3.8) is 0 Å². The zero-order chi connectivity index (χ0) is 32.8. The van der Waals surface area contributed by atoms with Crippen LogP contribution in [-0.4, -0.2) is 0 Å². The lowest BCUT2D eigenvalue weighted by molar-refractivity contribution is 1.30. The van der Waals surface area contributed by atoms with Gasteiger partial charge in [-0.25, -0.2) is 0 Å². The van der Waals surface area contributed by atoms with Crippen molar-refractivity contribution in [1.82, 2.24) is 0 Å². The van der Waals surface area contributed by atoms with Crippen molar-refractivity contribution in [3.8, 4) is 11.1 Å². The zero-order valence-corrected chi connectivity index (χ0v) is 29.2. The van der Waals surface area contributed by atoms with E-state index in [-0.39, 0.29) is 0 Å². The molecule has 0 amide bonds. The summed E-state index contributed by atoms with van der Waals surface area (Å²) in [5.74, 6) is 0. The molecule has 4 heteroatoms. The molecule has 0 saturated carbocycles. The topological polar surface area (TPSA) is 3.24 Å². The molecule has 0 atom stereocenters. The maximum Gasteiger partial charge on any atom is 0.0476 e. The number of benzene rings is 8. The largest absolute Gasteiger partial charge is 0.310 e. The van der Waals surface area contributed by atoms with E-state index in [1.807, 2.05) is 34.0 Å². The molecular weight excluding hydrogens is 663 g/mol. The van der Waals surface area contributed by atoms with Crippen LogP contribution in [0.15, 0.2) is 164 Å². The Morgan fingerprint density at radius 1 is 0.280 bits per heavy atom. The number of rotatable bonds is 4. The molecule has 0 N–H and O–H groups in total. The van der Waals surface area contributed by atoms with Gasteiger partial charge in [0.2, 0.25) is 0 Å². The Morgan fingerprint density at radius 2 is 0.780 bits per heavy atom. The highest BCUT2D eigenvalue weighted by Crippen LogP contribution is 2.44. The molecule has 0 fully saturated rings. The molecule has 0 radical (unpaired) electrons. The first-order valence-corrected chi connectivity index (χ1v) is 19.3. The standard InChI is InChI=1S/C46H27NS3/c1-4-10-41-35(7-1)38-21-19-34(27-46(38)50-41)47(33-20-22-44-40(26-33)37-9-3-5-11-42(37)48-44)32-17-15-28(16-18-32)29-13-14-30-24-39-36-8-2-6-12-43(36)49-45(39)25-31(30)23-29/h1-27H. The van der Waals surface area contributed by atoms with Gasteiger partial charge >= 0.3 is 0 Å². The van der Waals surface area contributed by atoms with E-state index < -0.39 is 0 Å². The molecule has 0 aliphatic carbocycles. The van der Waals surface area contributed by atoms with Gasteiger partial charge in [-0.1, -0.05) is 84.9 Å². The Bertz CT molecular complexity index is 3110. The Kier molecular flexibility index (Phi) is 6.23.